The van der Waals surface area contributed by atoms with E-state index >= 15 is 0 Å². The van der Waals surface area contributed by atoms with E-state index in [1.807, 2.05) is 12.3 Å². The molecule has 2 aromatic rings. The summed E-state index contributed by atoms with van der Waals surface area (Å²) in [4.78, 5) is 21.5. The molecule has 2 aliphatic heterocycles. The lowest BCUT2D eigenvalue weighted by molar-refractivity contribution is -0.0439. The van der Waals surface area contributed by atoms with E-state index in [2.05, 4.69) is 49.1 Å². The molecule has 0 amide bonds. The predicted molar refractivity (Wildman–Crippen MR) is 105 cm³/mol. The minimum atomic E-state index is -0.0917. The molecule has 0 radical (unpaired) electrons. The van der Waals surface area contributed by atoms with Crippen molar-refractivity contribution in [1.29, 1.82) is 0 Å². The zero-order valence-electron chi connectivity index (χ0n) is 14.9. The first-order valence-corrected chi connectivity index (χ1v) is 9.44. The van der Waals surface area contributed by atoms with Gasteiger partial charge >= 0.3 is 0 Å². The minimum absolute atomic E-state index is 0.0917. The summed E-state index contributed by atoms with van der Waals surface area (Å²) in [5.74, 6) is 0.654. The van der Waals surface area contributed by atoms with E-state index < -0.39 is 0 Å². The second kappa shape index (κ2) is 7.02. The number of aryl methyl sites for hydroxylation is 1. The number of halogens is 1. The molecule has 26 heavy (non-hydrogen) atoms. The van der Waals surface area contributed by atoms with Crippen LogP contribution in [0.1, 0.15) is 0 Å². The van der Waals surface area contributed by atoms with Crippen molar-refractivity contribution in [3.63, 3.8) is 0 Å². The Labute approximate surface area is 160 Å². The smallest absolute Gasteiger partial charge is 0.274 e. The van der Waals surface area contributed by atoms with Crippen molar-refractivity contribution >= 4 is 33.1 Å². The normalized spacial score (nSPS) is 23.1. The van der Waals surface area contributed by atoms with Crippen LogP contribution in [0.3, 0.4) is 0 Å². The molecule has 7 nitrogen and oxygen atoms in total. The number of nitrogens with zero attached hydrogens (tertiary/aromatic N) is 4. The number of hydrogen-bond donors (Lipinski definition) is 1. The number of nitrogens with one attached hydrogen (secondary N) is 1. The summed E-state index contributed by atoms with van der Waals surface area (Å²) in [5, 5.41) is 3.11. The minimum Gasteiger partial charge on any atom is -0.378 e. The Morgan fingerprint density at radius 3 is 2.62 bits per heavy atom. The molecule has 2 unspecified atom stereocenters. The molecular weight excluding hydrogens is 398 g/mol. The van der Waals surface area contributed by atoms with E-state index in [1.54, 1.807) is 19.3 Å². The van der Waals surface area contributed by atoms with Gasteiger partial charge in [-0.1, -0.05) is 0 Å². The van der Waals surface area contributed by atoms with Gasteiger partial charge in [-0.25, -0.2) is 4.98 Å². The molecule has 2 aromatic heterocycles. The molecule has 0 aromatic carbocycles. The Morgan fingerprint density at radius 1 is 1.23 bits per heavy atom. The van der Waals surface area contributed by atoms with Gasteiger partial charge in [0.2, 0.25) is 0 Å². The molecule has 2 aliphatic rings. The molecule has 2 saturated heterocycles. The standard InChI is InChI=1S/C18H22BrN5O2/c1-22-7-12(19)5-16(18(22)25)21-17-4-3-13(6-20-17)24-8-14-10-26-11-15(9-24)23(14)2/h3-7,14-15H,8-11H2,1-2H3,(H,20,21). The Kier molecular flexibility index (Phi) is 4.73. The van der Waals surface area contributed by atoms with Gasteiger partial charge in [-0.15, -0.1) is 0 Å². The van der Waals surface area contributed by atoms with E-state index in [1.165, 1.54) is 4.57 Å². The average molecular weight is 420 g/mol. The number of rotatable bonds is 3. The van der Waals surface area contributed by atoms with Crippen molar-refractivity contribution in [2.45, 2.75) is 12.1 Å². The van der Waals surface area contributed by atoms with Gasteiger partial charge in [-0.05, 0) is 41.2 Å². The van der Waals surface area contributed by atoms with Crippen LogP contribution < -0.4 is 15.8 Å². The third kappa shape index (κ3) is 3.36. The lowest BCUT2D eigenvalue weighted by atomic mass is 10.1. The van der Waals surface area contributed by atoms with Crippen molar-refractivity contribution < 1.29 is 4.74 Å². The Balaban J connectivity index is 1.50. The topological polar surface area (TPSA) is 62.6 Å². The number of pyridine rings is 2. The van der Waals surface area contributed by atoms with Crippen LogP contribution in [0.5, 0.6) is 0 Å². The Morgan fingerprint density at radius 2 is 1.96 bits per heavy atom. The fraction of sp³-hybridized carbons (Fsp3) is 0.444. The van der Waals surface area contributed by atoms with E-state index in [0.717, 1.165) is 36.5 Å². The van der Waals surface area contributed by atoms with Crippen LogP contribution in [0, 0.1) is 0 Å². The summed E-state index contributed by atoms with van der Waals surface area (Å²) in [6.45, 7) is 3.44. The number of anilines is 3. The van der Waals surface area contributed by atoms with Gasteiger partial charge in [0, 0.05) is 30.8 Å². The van der Waals surface area contributed by atoms with E-state index in [0.29, 0.717) is 23.6 Å². The van der Waals surface area contributed by atoms with E-state index in [4.69, 9.17) is 4.74 Å². The van der Waals surface area contributed by atoms with Gasteiger partial charge in [-0.2, -0.15) is 0 Å². The van der Waals surface area contributed by atoms with Gasteiger partial charge in [0.1, 0.15) is 11.5 Å². The molecule has 0 spiro atoms. The molecule has 4 heterocycles. The monoisotopic (exact) mass is 419 g/mol. The fourth-order valence-corrected chi connectivity index (χ4v) is 4.11. The third-order valence-corrected chi connectivity index (χ3v) is 5.59. The molecular formula is C18H22BrN5O2. The Hall–Kier alpha value is -1.90. The van der Waals surface area contributed by atoms with Crippen LogP contribution >= 0.6 is 15.9 Å². The maximum Gasteiger partial charge on any atom is 0.274 e. The van der Waals surface area contributed by atoms with Gasteiger partial charge in [0.25, 0.3) is 5.56 Å². The molecule has 2 bridgehead atoms. The number of hydrogen-bond acceptors (Lipinski definition) is 6. The van der Waals surface area contributed by atoms with Crippen molar-refractivity contribution in [3.05, 3.63) is 45.4 Å². The van der Waals surface area contributed by atoms with Gasteiger partial charge in [0.15, 0.2) is 0 Å². The number of piperazine rings is 1. The van der Waals surface area contributed by atoms with Crippen LogP contribution in [-0.2, 0) is 11.8 Å². The van der Waals surface area contributed by atoms with Crippen molar-refractivity contribution in [3.8, 4) is 0 Å². The van der Waals surface area contributed by atoms with Crippen LogP contribution in [0.15, 0.2) is 39.9 Å². The fourth-order valence-electron chi connectivity index (χ4n) is 3.58. The lowest BCUT2D eigenvalue weighted by Gasteiger charge is -2.48. The SMILES string of the molecule is CN1C2COCC1CN(c1ccc(Nc3cc(Br)cn(C)c3=O)nc1)C2. The third-order valence-electron chi connectivity index (χ3n) is 5.16. The Bertz CT molecular complexity index is 840. The molecule has 4 rings (SSSR count). The first kappa shape index (κ1) is 17.5. The number of morpholine rings is 1. The highest BCUT2D eigenvalue weighted by Gasteiger charge is 2.35. The van der Waals surface area contributed by atoms with Gasteiger partial charge < -0.3 is 19.5 Å². The van der Waals surface area contributed by atoms with Gasteiger partial charge in [-0.3, -0.25) is 9.69 Å². The summed E-state index contributed by atoms with van der Waals surface area (Å²) >= 11 is 3.41. The number of ether oxygens (including phenoxy) is 1. The molecule has 2 atom stereocenters. The maximum atomic E-state index is 12.2. The quantitative estimate of drug-likeness (QED) is 0.818. The van der Waals surface area contributed by atoms with Crippen LogP contribution in [0.2, 0.25) is 0 Å². The zero-order chi connectivity index (χ0) is 18.3. The van der Waals surface area contributed by atoms with E-state index in [9.17, 15) is 4.79 Å². The largest absolute Gasteiger partial charge is 0.378 e. The first-order valence-electron chi connectivity index (χ1n) is 8.65. The number of likely N-dealkylation sites (N-methyl/N-ethyl adjacent to an activating group) is 1. The maximum absolute atomic E-state index is 12.2. The summed E-state index contributed by atoms with van der Waals surface area (Å²) in [5.41, 5.74) is 1.50. The summed E-state index contributed by atoms with van der Waals surface area (Å²) < 4.78 is 8.05. The van der Waals surface area contributed by atoms with Crippen molar-refractivity contribution in [2.75, 3.05) is 43.6 Å². The first-order chi connectivity index (χ1) is 12.5. The highest BCUT2D eigenvalue weighted by Crippen LogP contribution is 2.25. The van der Waals surface area contributed by atoms with Crippen LogP contribution in [-0.4, -0.2) is 59.9 Å². The summed E-state index contributed by atoms with van der Waals surface area (Å²) in [7, 11) is 3.90. The molecule has 0 aliphatic carbocycles. The van der Waals surface area contributed by atoms with Crippen molar-refractivity contribution in [2.24, 2.45) is 7.05 Å². The van der Waals surface area contributed by atoms with Gasteiger partial charge in [0.05, 0.1) is 37.2 Å². The van der Waals surface area contributed by atoms with Crippen LogP contribution in [0.25, 0.3) is 0 Å². The number of fused-ring (bicyclic) bond motifs is 2. The predicted octanol–water partition coefficient (Wildman–Crippen LogP) is 1.81. The second-order valence-corrected chi connectivity index (χ2v) is 7.85. The lowest BCUT2D eigenvalue weighted by Crippen LogP contribution is -2.63. The molecule has 138 valence electrons. The highest BCUT2D eigenvalue weighted by atomic mass is 79.9. The highest BCUT2D eigenvalue weighted by molar-refractivity contribution is 9.10. The molecule has 0 saturated carbocycles. The molecule has 2 fully saturated rings. The zero-order valence-corrected chi connectivity index (χ0v) is 16.4. The summed E-state index contributed by atoms with van der Waals surface area (Å²) in [6, 6.07) is 6.58. The molecule has 1 N–H and O–H groups in total. The summed E-state index contributed by atoms with van der Waals surface area (Å²) in [6.07, 6.45) is 3.60. The van der Waals surface area contributed by atoms with Crippen molar-refractivity contribution in [1.82, 2.24) is 14.5 Å². The molecule has 8 heteroatoms. The van der Waals surface area contributed by atoms with Crippen LogP contribution in [0.4, 0.5) is 17.2 Å². The average Bonchev–Trinajstić information content (AvgIpc) is 2.60. The second-order valence-electron chi connectivity index (χ2n) is 6.93. The van der Waals surface area contributed by atoms with E-state index in [-0.39, 0.29) is 5.56 Å². The number of aromatic nitrogens is 2.